The Morgan fingerprint density at radius 2 is 2.21 bits per heavy atom. The van der Waals surface area contributed by atoms with Crippen LogP contribution in [0.1, 0.15) is 30.5 Å². The van der Waals surface area contributed by atoms with Gasteiger partial charge in [-0.25, -0.2) is 0 Å². The molecule has 0 saturated carbocycles. The van der Waals surface area contributed by atoms with Gasteiger partial charge in [0.1, 0.15) is 0 Å². The highest BCUT2D eigenvalue weighted by Crippen LogP contribution is 2.34. The van der Waals surface area contributed by atoms with Crippen LogP contribution in [0.15, 0.2) is 12.1 Å². The Hall–Kier alpha value is -0.240. The Labute approximate surface area is 94.4 Å². The van der Waals surface area contributed by atoms with Crippen molar-refractivity contribution in [1.82, 2.24) is 5.32 Å². The van der Waals surface area contributed by atoms with Gasteiger partial charge in [-0.2, -0.15) is 0 Å². The summed E-state index contributed by atoms with van der Waals surface area (Å²) in [4.78, 5) is 0. The first-order chi connectivity index (χ1) is 6.72. The Morgan fingerprint density at radius 1 is 1.43 bits per heavy atom. The molecule has 1 aliphatic rings. The van der Waals surface area contributed by atoms with Gasteiger partial charge in [0, 0.05) is 16.1 Å². The fourth-order valence-corrected chi connectivity index (χ4v) is 2.73. The van der Waals surface area contributed by atoms with Crippen molar-refractivity contribution in [1.29, 1.82) is 0 Å². The molecule has 0 spiro atoms. The molecule has 0 saturated heterocycles. The molecule has 2 rings (SSSR count). The quantitative estimate of drug-likeness (QED) is 0.777. The van der Waals surface area contributed by atoms with Crippen molar-refractivity contribution in [3.8, 4) is 0 Å². The monoisotopic (exact) mass is 229 g/mol. The predicted octanol–water partition coefficient (Wildman–Crippen LogP) is 3.59. The van der Waals surface area contributed by atoms with E-state index in [-0.39, 0.29) is 0 Å². The van der Waals surface area contributed by atoms with Crippen molar-refractivity contribution in [2.24, 2.45) is 0 Å². The largest absolute Gasteiger partial charge is 0.310 e. The Balaban J connectivity index is 2.51. The third-order valence-corrected chi connectivity index (χ3v) is 3.25. The smallest absolute Gasteiger partial charge is 0.0471 e. The molecule has 1 N–H and O–H groups in total. The van der Waals surface area contributed by atoms with E-state index in [2.05, 4.69) is 12.2 Å². The second kappa shape index (κ2) is 4.09. The van der Waals surface area contributed by atoms with Crippen molar-refractivity contribution in [3.05, 3.63) is 33.3 Å². The van der Waals surface area contributed by atoms with Crippen LogP contribution in [0.5, 0.6) is 0 Å². The first-order valence-corrected chi connectivity index (χ1v) is 5.69. The number of benzene rings is 1. The molecular weight excluding hydrogens is 217 g/mol. The lowest BCUT2D eigenvalue weighted by Crippen LogP contribution is -2.29. The fourth-order valence-electron chi connectivity index (χ4n) is 2.07. The second-order valence-corrected chi connectivity index (χ2v) is 4.47. The minimum absolute atomic E-state index is 0.392. The summed E-state index contributed by atoms with van der Waals surface area (Å²) >= 11 is 12.2. The zero-order valence-corrected chi connectivity index (χ0v) is 9.62. The highest BCUT2D eigenvalue weighted by Gasteiger charge is 2.21. The SMILES string of the molecule is CCC1NCCc2cc(Cl)cc(Cl)c21. The van der Waals surface area contributed by atoms with Crippen molar-refractivity contribution in [3.63, 3.8) is 0 Å². The topological polar surface area (TPSA) is 12.0 Å². The van der Waals surface area contributed by atoms with Crippen LogP contribution in [0.3, 0.4) is 0 Å². The van der Waals surface area contributed by atoms with Gasteiger partial charge in [0.15, 0.2) is 0 Å². The molecule has 1 nitrogen and oxygen atoms in total. The van der Waals surface area contributed by atoms with Crippen LogP contribution in [0.2, 0.25) is 10.0 Å². The van der Waals surface area contributed by atoms with Gasteiger partial charge in [-0.05, 0) is 42.6 Å². The molecule has 1 aromatic rings. The number of nitrogens with one attached hydrogen (secondary N) is 1. The predicted molar refractivity (Wildman–Crippen MR) is 61.2 cm³/mol. The Morgan fingerprint density at radius 3 is 2.93 bits per heavy atom. The van der Waals surface area contributed by atoms with Gasteiger partial charge in [0.2, 0.25) is 0 Å². The van der Waals surface area contributed by atoms with Gasteiger partial charge < -0.3 is 5.32 Å². The summed E-state index contributed by atoms with van der Waals surface area (Å²) in [6.07, 6.45) is 2.08. The maximum absolute atomic E-state index is 6.20. The van der Waals surface area contributed by atoms with E-state index in [1.807, 2.05) is 12.1 Å². The lowest BCUT2D eigenvalue weighted by Gasteiger charge is -2.27. The van der Waals surface area contributed by atoms with Gasteiger partial charge in [-0.15, -0.1) is 0 Å². The molecule has 3 heteroatoms. The molecule has 1 atom stereocenters. The van der Waals surface area contributed by atoms with Crippen molar-refractivity contribution < 1.29 is 0 Å². The fraction of sp³-hybridized carbons (Fsp3) is 0.455. The number of fused-ring (bicyclic) bond motifs is 1. The van der Waals surface area contributed by atoms with E-state index in [1.165, 1.54) is 11.1 Å². The zero-order valence-electron chi connectivity index (χ0n) is 8.11. The molecule has 14 heavy (non-hydrogen) atoms. The van der Waals surface area contributed by atoms with Crippen LogP contribution in [-0.2, 0) is 6.42 Å². The summed E-state index contributed by atoms with van der Waals surface area (Å²) in [5.41, 5.74) is 2.54. The average Bonchev–Trinajstić information content (AvgIpc) is 2.16. The summed E-state index contributed by atoms with van der Waals surface area (Å²) < 4.78 is 0. The number of halogens is 2. The highest BCUT2D eigenvalue weighted by atomic mass is 35.5. The van der Waals surface area contributed by atoms with Crippen molar-refractivity contribution >= 4 is 23.2 Å². The van der Waals surface area contributed by atoms with Crippen LogP contribution in [0, 0.1) is 0 Å². The average molecular weight is 230 g/mol. The number of hydrogen-bond donors (Lipinski definition) is 1. The van der Waals surface area contributed by atoms with E-state index in [0.29, 0.717) is 6.04 Å². The molecule has 0 bridgehead atoms. The summed E-state index contributed by atoms with van der Waals surface area (Å²) in [6.45, 7) is 3.18. The molecule has 1 unspecified atom stereocenters. The van der Waals surface area contributed by atoms with E-state index in [1.54, 1.807) is 0 Å². The van der Waals surface area contributed by atoms with E-state index < -0.39 is 0 Å². The van der Waals surface area contributed by atoms with Crippen LogP contribution in [0.25, 0.3) is 0 Å². The molecule has 0 radical (unpaired) electrons. The van der Waals surface area contributed by atoms with Crippen LogP contribution in [0.4, 0.5) is 0 Å². The molecule has 1 aliphatic heterocycles. The first-order valence-electron chi connectivity index (χ1n) is 4.93. The first kappa shape index (κ1) is 10.3. The van der Waals surface area contributed by atoms with Crippen molar-refractivity contribution in [2.75, 3.05) is 6.54 Å². The van der Waals surface area contributed by atoms with Crippen molar-refractivity contribution in [2.45, 2.75) is 25.8 Å². The summed E-state index contributed by atoms with van der Waals surface area (Å²) in [6, 6.07) is 4.26. The molecule has 0 aromatic heterocycles. The van der Waals surface area contributed by atoms with Crippen LogP contribution >= 0.6 is 23.2 Å². The minimum Gasteiger partial charge on any atom is -0.310 e. The van der Waals surface area contributed by atoms with E-state index in [0.717, 1.165) is 29.4 Å². The van der Waals surface area contributed by atoms with Gasteiger partial charge in [-0.1, -0.05) is 30.1 Å². The normalized spacial score (nSPS) is 20.6. The molecule has 0 amide bonds. The summed E-state index contributed by atoms with van der Waals surface area (Å²) in [5, 5.41) is 5.00. The van der Waals surface area contributed by atoms with Gasteiger partial charge in [0.25, 0.3) is 0 Å². The van der Waals surface area contributed by atoms with Crippen LogP contribution < -0.4 is 5.32 Å². The van der Waals surface area contributed by atoms with Gasteiger partial charge in [-0.3, -0.25) is 0 Å². The molecule has 76 valence electrons. The maximum atomic E-state index is 6.20. The molecule has 1 aromatic carbocycles. The minimum atomic E-state index is 0.392. The summed E-state index contributed by atoms with van der Waals surface area (Å²) in [5.74, 6) is 0. The Kier molecular flexibility index (Phi) is 3.01. The van der Waals surface area contributed by atoms with E-state index in [4.69, 9.17) is 23.2 Å². The third-order valence-electron chi connectivity index (χ3n) is 2.72. The third kappa shape index (κ3) is 1.77. The molecule has 1 heterocycles. The van der Waals surface area contributed by atoms with E-state index in [9.17, 15) is 0 Å². The van der Waals surface area contributed by atoms with Crippen LogP contribution in [-0.4, -0.2) is 6.54 Å². The molecule has 0 aliphatic carbocycles. The lowest BCUT2D eigenvalue weighted by molar-refractivity contribution is 0.493. The lowest BCUT2D eigenvalue weighted by atomic mass is 9.93. The number of rotatable bonds is 1. The van der Waals surface area contributed by atoms with Gasteiger partial charge >= 0.3 is 0 Å². The maximum Gasteiger partial charge on any atom is 0.0471 e. The zero-order chi connectivity index (χ0) is 10.1. The molecule has 0 fully saturated rings. The molecular formula is C11H13Cl2N. The standard InChI is InChI=1S/C11H13Cl2N/c1-2-10-11-7(3-4-14-10)5-8(12)6-9(11)13/h5-6,10,14H,2-4H2,1H3. The Bertz CT molecular complexity index is 349. The van der Waals surface area contributed by atoms with Gasteiger partial charge in [0.05, 0.1) is 0 Å². The highest BCUT2D eigenvalue weighted by molar-refractivity contribution is 6.35. The second-order valence-electron chi connectivity index (χ2n) is 3.63. The van der Waals surface area contributed by atoms with E-state index >= 15 is 0 Å². The summed E-state index contributed by atoms with van der Waals surface area (Å²) in [7, 11) is 0. The number of hydrogen-bond acceptors (Lipinski definition) is 1.